The van der Waals surface area contributed by atoms with E-state index in [4.69, 9.17) is 11.6 Å². The Balaban J connectivity index is 2.18. The molecule has 1 fully saturated rings. The van der Waals surface area contributed by atoms with E-state index in [1.807, 2.05) is 6.07 Å². The van der Waals surface area contributed by atoms with Crippen LogP contribution in [-0.2, 0) is 0 Å². The van der Waals surface area contributed by atoms with Gasteiger partial charge in [-0.15, -0.1) is 0 Å². The molecule has 1 aliphatic carbocycles. The summed E-state index contributed by atoms with van der Waals surface area (Å²) in [5.41, 5.74) is 1.04. The third kappa shape index (κ3) is 3.73. The zero-order valence-electron chi connectivity index (χ0n) is 12.5. The van der Waals surface area contributed by atoms with Crippen LogP contribution in [0.5, 0.6) is 0 Å². The van der Waals surface area contributed by atoms with Gasteiger partial charge in [-0.25, -0.2) is 4.39 Å². The van der Waals surface area contributed by atoms with Crippen molar-refractivity contribution in [2.75, 3.05) is 6.54 Å². The van der Waals surface area contributed by atoms with Crippen molar-refractivity contribution in [1.29, 1.82) is 0 Å². The monoisotopic (exact) mass is 297 g/mol. The molecule has 0 radical (unpaired) electrons. The molecule has 1 aromatic rings. The summed E-state index contributed by atoms with van der Waals surface area (Å²) in [6, 6.07) is 5.50. The van der Waals surface area contributed by atoms with Crippen LogP contribution in [0.25, 0.3) is 0 Å². The number of halogens is 2. The van der Waals surface area contributed by atoms with E-state index in [2.05, 4.69) is 19.2 Å². The summed E-state index contributed by atoms with van der Waals surface area (Å²) in [6.07, 6.45) is 6.38. The van der Waals surface area contributed by atoms with Crippen molar-refractivity contribution in [1.82, 2.24) is 5.32 Å². The Bertz CT molecular complexity index is 435. The van der Waals surface area contributed by atoms with Crippen LogP contribution >= 0.6 is 11.6 Å². The maximum absolute atomic E-state index is 13.7. The van der Waals surface area contributed by atoms with E-state index >= 15 is 0 Å². The Kier molecular flexibility index (Phi) is 5.86. The van der Waals surface area contributed by atoms with Crippen LogP contribution in [0.15, 0.2) is 18.2 Å². The maximum Gasteiger partial charge on any atom is 0.142 e. The first-order chi connectivity index (χ1) is 9.65. The van der Waals surface area contributed by atoms with Gasteiger partial charge in [0.1, 0.15) is 5.82 Å². The molecule has 0 saturated heterocycles. The van der Waals surface area contributed by atoms with Crippen molar-refractivity contribution in [3.8, 4) is 0 Å². The zero-order chi connectivity index (χ0) is 14.5. The fourth-order valence-electron chi connectivity index (χ4n) is 3.49. The second-order valence-electron chi connectivity index (χ2n) is 5.91. The Hall–Kier alpha value is -0.600. The van der Waals surface area contributed by atoms with Gasteiger partial charge in [0.25, 0.3) is 0 Å². The van der Waals surface area contributed by atoms with Crippen LogP contribution in [-0.4, -0.2) is 6.54 Å². The molecule has 20 heavy (non-hydrogen) atoms. The summed E-state index contributed by atoms with van der Waals surface area (Å²) in [6.45, 7) is 5.29. The minimum absolute atomic E-state index is 0.207. The van der Waals surface area contributed by atoms with Gasteiger partial charge in [-0.05, 0) is 48.9 Å². The molecule has 0 aromatic heterocycles. The van der Waals surface area contributed by atoms with Crippen LogP contribution in [0, 0.1) is 17.7 Å². The minimum Gasteiger partial charge on any atom is -0.310 e. The summed E-state index contributed by atoms with van der Waals surface area (Å²) >= 11 is 5.80. The van der Waals surface area contributed by atoms with Gasteiger partial charge < -0.3 is 5.32 Å². The first kappa shape index (κ1) is 15.8. The number of rotatable bonds is 5. The molecule has 0 spiro atoms. The predicted molar refractivity (Wildman–Crippen MR) is 83.6 cm³/mol. The summed E-state index contributed by atoms with van der Waals surface area (Å²) in [5.74, 6) is 1.12. The highest BCUT2D eigenvalue weighted by atomic mass is 35.5. The number of benzene rings is 1. The van der Waals surface area contributed by atoms with Crippen LogP contribution in [0.1, 0.15) is 57.6 Å². The van der Waals surface area contributed by atoms with E-state index in [1.165, 1.54) is 32.1 Å². The molecule has 1 saturated carbocycles. The first-order valence-corrected chi connectivity index (χ1v) is 8.21. The van der Waals surface area contributed by atoms with E-state index < -0.39 is 0 Å². The second kappa shape index (κ2) is 7.42. The molecule has 112 valence electrons. The second-order valence-corrected chi connectivity index (χ2v) is 6.32. The van der Waals surface area contributed by atoms with Crippen LogP contribution in [0.3, 0.4) is 0 Å². The van der Waals surface area contributed by atoms with Crippen molar-refractivity contribution in [3.05, 3.63) is 34.6 Å². The molecule has 2 rings (SSSR count). The molecule has 1 aliphatic rings. The van der Waals surface area contributed by atoms with Gasteiger partial charge in [0, 0.05) is 6.04 Å². The van der Waals surface area contributed by atoms with Crippen molar-refractivity contribution >= 4 is 11.6 Å². The van der Waals surface area contributed by atoms with E-state index in [0.717, 1.165) is 18.0 Å². The quantitative estimate of drug-likeness (QED) is 0.773. The van der Waals surface area contributed by atoms with Crippen LogP contribution in [0.2, 0.25) is 5.02 Å². The third-order valence-corrected chi connectivity index (χ3v) is 4.91. The zero-order valence-corrected chi connectivity index (χ0v) is 13.2. The predicted octanol–water partition coefficient (Wildman–Crippen LogP) is 5.35. The molecule has 0 heterocycles. The van der Waals surface area contributed by atoms with E-state index in [0.29, 0.717) is 5.92 Å². The molecule has 0 aliphatic heterocycles. The van der Waals surface area contributed by atoms with E-state index in [-0.39, 0.29) is 16.9 Å². The lowest BCUT2D eigenvalue weighted by Gasteiger charge is -2.35. The number of hydrogen-bond acceptors (Lipinski definition) is 1. The highest BCUT2D eigenvalue weighted by molar-refractivity contribution is 6.30. The average molecular weight is 298 g/mol. The molecule has 1 N–H and O–H groups in total. The molecule has 0 amide bonds. The van der Waals surface area contributed by atoms with Crippen molar-refractivity contribution in [2.24, 2.45) is 11.8 Å². The molecule has 3 heteroatoms. The maximum atomic E-state index is 13.7. The van der Waals surface area contributed by atoms with Crippen molar-refractivity contribution in [2.45, 2.75) is 52.0 Å². The van der Waals surface area contributed by atoms with Gasteiger partial charge in [0.15, 0.2) is 0 Å². The Morgan fingerprint density at radius 3 is 2.80 bits per heavy atom. The van der Waals surface area contributed by atoms with Crippen LogP contribution in [0.4, 0.5) is 4.39 Å². The van der Waals surface area contributed by atoms with E-state index in [1.54, 1.807) is 12.1 Å². The highest BCUT2D eigenvalue weighted by Gasteiger charge is 2.28. The third-order valence-electron chi connectivity index (χ3n) is 4.60. The standard InChI is InChI=1S/C17H25ClFN/c1-3-12-6-5-7-13(10-12)17(20-4-2)14-8-9-15(18)16(19)11-14/h8-9,11-13,17,20H,3-7,10H2,1-2H3. The largest absolute Gasteiger partial charge is 0.310 e. The summed E-state index contributed by atoms with van der Waals surface area (Å²) < 4.78 is 13.7. The van der Waals surface area contributed by atoms with Gasteiger partial charge in [0.2, 0.25) is 0 Å². The topological polar surface area (TPSA) is 12.0 Å². The van der Waals surface area contributed by atoms with Crippen LogP contribution < -0.4 is 5.32 Å². The van der Waals surface area contributed by atoms with Gasteiger partial charge in [-0.2, -0.15) is 0 Å². The minimum atomic E-state index is -0.310. The van der Waals surface area contributed by atoms with Crippen molar-refractivity contribution in [3.63, 3.8) is 0 Å². The van der Waals surface area contributed by atoms with Gasteiger partial charge in [-0.3, -0.25) is 0 Å². The smallest absolute Gasteiger partial charge is 0.142 e. The molecule has 1 aromatic carbocycles. The lowest BCUT2D eigenvalue weighted by Crippen LogP contribution is -2.31. The highest BCUT2D eigenvalue weighted by Crippen LogP contribution is 2.38. The Morgan fingerprint density at radius 2 is 2.15 bits per heavy atom. The normalized spacial score (nSPS) is 24.6. The van der Waals surface area contributed by atoms with E-state index in [9.17, 15) is 4.39 Å². The molecule has 0 bridgehead atoms. The van der Waals surface area contributed by atoms with Gasteiger partial charge >= 0.3 is 0 Å². The fraction of sp³-hybridized carbons (Fsp3) is 0.647. The van der Waals surface area contributed by atoms with Crippen molar-refractivity contribution < 1.29 is 4.39 Å². The number of nitrogens with one attached hydrogen (secondary N) is 1. The number of hydrogen-bond donors (Lipinski definition) is 1. The Morgan fingerprint density at radius 1 is 1.35 bits per heavy atom. The molecule has 3 unspecified atom stereocenters. The summed E-state index contributed by atoms with van der Waals surface area (Å²) in [7, 11) is 0. The molecular weight excluding hydrogens is 273 g/mol. The fourth-order valence-corrected chi connectivity index (χ4v) is 3.61. The molecule has 3 atom stereocenters. The first-order valence-electron chi connectivity index (χ1n) is 7.84. The lowest BCUT2D eigenvalue weighted by atomic mass is 9.75. The lowest BCUT2D eigenvalue weighted by molar-refractivity contribution is 0.210. The summed E-state index contributed by atoms with van der Waals surface area (Å²) in [5, 5.41) is 3.76. The van der Waals surface area contributed by atoms with Gasteiger partial charge in [0.05, 0.1) is 5.02 Å². The molecule has 1 nitrogen and oxygen atoms in total. The summed E-state index contributed by atoms with van der Waals surface area (Å²) in [4.78, 5) is 0. The Labute approximate surface area is 126 Å². The SMILES string of the molecule is CCNC(c1ccc(Cl)c(F)c1)C1CCCC(CC)C1. The average Bonchev–Trinajstić information content (AvgIpc) is 2.48. The molecular formula is C17H25ClFN. The van der Waals surface area contributed by atoms with Gasteiger partial charge in [-0.1, -0.05) is 50.8 Å².